The number of carbonyl (C=O) groups excluding carboxylic acids is 2. The fourth-order valence-electron chi connectivity index (χ4n) is 1.48. The minimum atomic E-state index is -0.311. The van der Waals surface area contributed by atoms with Crippen molar-refractivity contribution < 1.29 is 14.3 Å². The average molecular weight is 262 g/mol. The largest absolute Gasteiger partial charge is 0.459 e. The molecule has 0 bridgehead atoms. The van der Waals surface area contributed by atoms with Crippen LogP contribution in [0.4, 0.5) is 0 Å². The molecule has 0 N–H and O–H groups in total. The number of hydrogen-bond donors (Lipinski definition) is 0. The smallest absolute Gasteiger partial charge is 0.338 e. The van der Waals surface area contributed by atoms with Crippen LogP contribution in [-0.2, 0) is 16.0 Å². The molecule has 0 aliphatic heterocycles. The van der Waals surface area contributed by atoms with Gasteiger partial charge in [-0.3, -0.25) is 4.79 Å². The molecule has 0 aromatic heterocycles. The van der Waals surface area contributed by atoms with Gasteiger partial charge in [0.15, 0.2) is 0 Å². The topological polar surface area (TPSA) is 43.4 Å². The highest BCUT2D eigenvalue weighted by molar-refractivity contribution is 5.89. The number of carbonyl (C=O) groups is 2. The number of rotatable bonds is 6. The quantitative estimate of drug-likeness (QED) is 0.738. The third-order valence-corrected chi connectivity index (χ3v) is 3.22. The third kappa shape index (κ3) is 4.86. The molecule has 3 heteroatoms. The number of esters is 1. The summed E-state index contributed by atoms with van der Waals surface area (Å²) >= 11 is 0. The van der Waals surface area contributed by atoms with Gasteiger partial charge in [-0.1, -0.05) is 32.9 Å². The average Bonchev–Trinajstić information content (AvgIpc) is 2.39. The van der Waals surface area contributed by atoms with Crippen LogP contribution >= 0.6 is 0 Å². The Morgan fingerprint density at radius 2 is 1.68 bits per heavy atom. The Morgan fingerprint density at radius 3 is 2.16 bits per heavy atom. The predicted octanol–water partition coefficient (Wildman–Crippen LogP) is 3.41. The Morgan fingerprint density at radius 1 is 1.11 bits per heavy atom. The Bertz CT molecular complexity index is 432. The van der Waals surface area contributed by atoms with Gasteiger partial charge >= 0.3 is 5.97 Å². The van der Waals surface area contributed by atoms with Crippen molar-refractivity contribution in [1.82, 2.24) is 0 Å². The van der Waals surface area contributed by atoms with Crippen molar-refractivity contribution in [3.8, 4) is 0 Å². The lowest BCUT2D eigenvalue weighted by Gasteiger charge is -2.16. The third-order valence-electron chi connectivity index (χ3n) is 3.22. The standard InChI is InChI=1S/C16H22O3/c1-5-15(17)10-13-6-8-14(9-7-13)16(18)19-12(4)11(2)3/h6-9,11-12H,5,10H2,1-4H3. The number of Topliss-reactive ketones (excluding diaryl/α,β-unsaturated/α-hetero) is 1. The molecule has 1 aromatic carbocycles. The van der Waals surface area contributed by atoms with E-state index in [0.717, 1.165) is 5.56 Å². The van der Waals surface area contributed by atoms with E-state index in [1.165, 1.54) is 0 Å². The highest BCUT2D eigenvalue weighted by Gasteiger charge is 2.14. The first-order chi connectivity index (χ1) is 8.93. The van der Waals surface area contributed by atoms with Crippen molar-refractivity contribution in [2.75, 3.05) is 0 Å². The Labute approximate surface area is 115 Å². The van der Waals surface area contributed by atoms with Gasteiger partial charge in [-0.25, -0.2) is 4.79 Å². The molecular formula is C16H22O3. The van der Waals surface area contributed by atoms with Crippen LogP contribution in [0.1, 0.15) is 50.0 Å². The monoisotopic (exact) mass is 262 g/mol. The summed E-state index contributed by atoms with van der Waals surface area (Å²) in [7, 11) is 0. The summed E-state index contributed by atoms with van der Waals surface area (Å²) in [4.78, 5) is 23.2. The molecule has 3 nitrogen and oxygen atoms in total. The summed E-state index contributed by atoms with van der Waals surface area (Å²) in [6.45, 7) is 7.76. The molecule has 19 heavy (non-hydrogen) atoms. The molecule has 0 saturated carbocycles. The van der Waals surface area contributed by atoms with E-state index < -0.39 is 0 Å². The lowest BCUT2D eigenvalue weighted by atomic mass is 10.1. The van der Waals surface area contributed by atoms with Gasteiger partial charge in [0.05, 0.1) is 5.56 Å². The van der Waals surface area contributed by atoms with E-state index in [1.807, 2.05) is 39.8 Å². The van der Waals surface area contributed by atoms with Crippen LogP contribution in [-0.4, -0.2) is 17.9 Å². The molecule has 0 fully saturated rings. The first-order valence-corrected chi connectivity index (χ1v) is 6.75. The second kappa shape index (κ2) is 7.07. The van der Waals surface area contributed by atoms with Crippen LogP contribution in [0.25, 0.3) is 0 Å². The molecular weight excluding hydrogens is 240 g/mol. The maximum atomic E-state index is 11.9. The zero-order chi connectivity index (χ0) is 14.4. The number of ketones is 1. The van der Waals surface area contributed by atoms with Crippen molar-refractivity contribution in [2.45, 2.75) is 46.6 Å². The van der Waals surface area contributed by atoms with Crippen LogP contribution in [0, 0.1) is 5.92 Å². The lowest BCUT2D eigenvalue weighted by molar-refractivity contribution is -0.118. The Balaban J connectivity index is 2.65. The van der Waals surface area contributed by atoms with Gasteiger partial charge in [0, 0.05) is 12.8 Å². The normalized spacial score (nSPS) is 12.3. The van der Waals surface area contributed by atoms with E-state index in [0.29, 0.717) is 24.3 Å². The van der Waals surface area contributed by atoms with Crippen molar-refractivity contribution in [1.29, 1.82) is 0 Å². The van der Waals surface area contributed by atoms with Crippen LogP contribution in [0.5, 0.6) is 0 Å². The summed E-state index contributed by atoms with van der Waals surface area (Å²) in [6.07, 6.45) is 0.859. The Hall–Kier alpha value is -1.64. The molecule has 0 aliphatic carbocycles. The molecule has 0 aliphatic rings. The maximum absolute atomic E-state index is 11.9. The van der Waals surface area contributed by atoms with Gasteiger partial charge < -0.3 is 4.74 Å². The van der Waals surface area contributed by atoms with E-state index in [-0.39, 0.29) is 17.9 Å². The van der Waals surface area contributed by atoms with E-state index in [4.69, 9.17) is 4.74 Å². The van der Waals surface area contributed by atoms with Crippen molar-refractivity contribution in [3.63, 3.8) is 0 Å². The fourth-order valence-corrected chi connectivity index (χ4v) is 1.48. The molecule has 0 saturated heterocycles. The van der Waals surface area contributed by atoms with E-state index in [1.54, 1.807) is 12.1 Å². The molecule has 1 rings (SSSR count). The number of hydrogen-bond acceptors (Lipinski definition) is 3. The number of benzene rings is 1. The van der Waals surface area contributed by atoms with Crippen molar-refractivity contribution in [2.24, 2.45) is 5.92 Å². The zero-order valence-corrected chi connectivity index (χ0v) is 12.1. The minimum Gasteiger partial charge on any atom is -0.459 e. The number of ether oxygens (including phenoxy) is 1. The summed E-state index contributed by atoms with van der Waals surface area (Å²) < 4.78 is 5.33. The summed E-state index contributed by atoms with van der Waals surface area (Å²) in [5.74, 6) is 0.184. The lowest BCUT2D eigenvalue weighted by Crippen LogP contribution is -2.20. The second-order valence-electron chi connectivity index (χ2n) is 5.12. The predicted molar refractivity (Wildman–Crippen MR) is 75.2 cm³/mol. The van der Waals surface area contributed by atoms with Gasteiger partial charge in [-0.05, 0) is 30.5 Å². The van der Waals surface area contributed by atoms with Crippen LogP contribution in [0.15, 0.2) is 24.3 Å². The molecule has 0 radical (unpaired) electrons. The highest BCUT2D eigenvalue weighted by atomic mass is 16.5. The molecule has 0 amide bonds. The summed E-state index contributed by atoms with van der Waals surface area (Å²) in [5, 5.41) is 0. The fraction of sp³-hybridized carbons (Fsp3) is 0.500. The first-order valence-electron chi connectivity index (χ1n) is 6.75. The van der Waals surface area contributed by atoms with Crippen LogP contribution in [0.3, 0.4) is 0 Å². The molecule has 1 aromatic rings. The zero-order valence-electron chi connectivity index (χ0n) is 12.1. The molecule has 1 unspecified atom stereocenters. The van der Waals surface area contributed by atoms with Gasteiger partial charge in [-0.15, -0.1) is 0 Å². The van der Waals surface area contributed by atoms with Gasteiger partial charge in [0.1, 0.15) is 11.9 Å². The molecule has 1 atom stereocenters. The van der Waals surface area contributed by atoms with Gasteiger partial charge in [0.2, 0.25) is 0 Å². The second-order valence-corrected chi connectivity index (χ2v) is 5.12. The highest BCUT2D eigenvalue weighted by Crippen LogP contribution is 2.12. The summed E-state index contributed by atoms with van der Waals surface area (Å²) in [5.41, 5.74) is 1.46. The van der Waals surface area contributed by atoms with E-state index in [9.17, 15) is 9.59 Å². The first kappa shape index (κ1) is 15.4. The SMILES string of the molecule is CCC(=O)Cc1ccc(C(=O)OC(C)C(C)C)cc1. The van der Waals surface area contributed by atoms with Crippen LogP contribution < -0.4 is 0 Å². The molecule has 0 heterocycles. The Kier molecular flexibility index (Phi) is 5.74. The molecule has 0 spiro atoms. The van der Waals surface area contributed by atoms with E-state index >= 15 is 0 Å². The maximum Gasteiger partial charge on any atom is 0.338 e. The van der Waals surface area contributed by atoms with Gasteiger partial charge in [0.25, 0.3) is 0 Å². The van der Waals surface area contributed by atoms with Crippen LogP contribution in [0.2, 0.25) is 0 Å². The van der Waals surface area contributed by atoms with Crippen molar-refractivity contribution >= 4 is 11.8 Å². The molecule has 104 valence electrons. The van der Waals surface area contributed by atoms with Crippen molar-refractivity contribution in [3.05, 3.63) is 35.4 Å². The van der Waals surface area contributed by atoms with Gasteiger partial charge in [-0.2, -0.15) is 0 Å². The van der Waals surface area contributed by atoms with E-state index in [2.05, 4.69) is 0 Å². The minimum absolute atomic E-state index is 0.103. The summed E-state index contributed by atoms with van der Waals surface area (Å²) in [6, 6.07) is 7.05.